The molecule has 0 spiro atoms. The summed E-state index contributed by atoms with van der Waals surface area (Å²) in [5, 5.41) is -0.949. The molecule has 2 unspecified atom stereocenters. The third-order valence-corrected chi connectivity index (χ3v) is 7.74. The van der Waals surface area contributed by atoms with Crippen LogP contribution in [0.4, 0.5) is 0 Å². The summed E-state index contributed by atoms with van der Waals surface area (Å²) in [6.45, 7) is 0. The van der Waals surface area contributed by atoms with Crippen molar-refractivity contribution in [1.82, 2.24) is 24.9 Å². The molecule has 2 aliphatic rings. The van der Waals surface area contributed by atoms with Gasteiger partial charge in [-0.05, 0) is 78.9 Å². The average molecular weight is 842 g/mol. The number of aromatic nitrogens is 5. The summed E-state index contributed by atoms with van der Waals surface area (Å²) in [7, 11) is -9.31. The quantitative estimate of drug-likeness (QED) is 0.0552. The standard InChI is InChI=1S/C20H14N4.C6H5.C4H5NO6S2.2H2O3S.Zn/c1-2-14-10-16-5-6-18(23-16)12-20-8-7-19(24-20)11-17-4-3-15(22-17)9-13(1)21-14;1-2-4-6-5-3-1;6-12(7,8)3-1-2-5-4(3)13(9,10)11;2*1-4(2)3;/h1-12,21-22H;1-5H;1-2,5H,(H,6,7,8)(H,9,10,11);2*(H2,1,2,3);/q;-1;;;;/p-2. The number of rotatable bonds is 2. The molecule has 2 atom stereocenters. The van der Waals surface area contributed by atoms with Gasteiger partial charge in [0.25, 0.3) is 10.1 Å². The maximum absolute atomic E-state index is 10.5. The van der Waals surface area contributed by atoms with Crippen LogP contribution in [0.1, 0.15) is 22.8 Å². The summed E-state index contributed by atoms with van der Waals surface area (Å²) in [5.41, 5.74) is 7.86. The second kappa shape index (κ2) is 20.7. The number of benzene rings is 1. The number of aromatic amines is 3. The van der Waals surface area contributed by atoms with Crippen LogP contribution in [-0.4, -0.2) is 77.5 Å². The van der Waals surface area contributed by atoms with Gasteiger partial charge in [-0.25, -0.2) is 18.4 Å². The Balaban J connectivity index is 0.000000281. The van der Waals surface area contributed by atoms with Gasteiger partial charge in [-0.2, -0.15) is 53.2 Å². The first-order valence-electron chi connectivity index (χ1n) is 13.6. The molecular weight excluding hydrogens is 816 g/mol. The first-order chi connectivity index (χ1) is 24.0. The smallest absolute Gasteiger partial charge is 0.311 e. The largest absolute Gasteiger partial charge is 0.750 e. The molecule has 7 N–H and O–H groups in total. The maximum Gasteiger partial charge on any atom is 0.311 e. The second-order valence-corrected chi connectivity index (χ2v) is 13.2. The van der Waals surface area contributed by atoms with Crippen molar-refractivity contribution in [3.8, 4) is 0 Å². The van der Waals surface area contributed by atoms with Crippen molar-refractivity contribution in [3.05, 3.63) is 120 Å². The minimum atomic E-state index is -4.67. The summed E-state index contributed by atoms with van der Waals surface area (Å²) in [6.07, 6.45) is 9.01. The van der Waals surface area contributed by atoms with E-state index >= 15 is 0 Å². The van der Waals surface area contributed by atoms with Crippen LogP contribution in [0.25, 0.3) is 46.4 Å². The van der Waals surface area contributed by atoms with Gasteiger partial charge < -0.3 is 33.2 Å². The van der Waals surface area contributed by atoms with Gasteiger partial charge in [0.15, 0.2) is 5.03 Å². The van der Waals surface area contributed by atoms with E-state index in [0.29, 0.717) is 0 Å². The molecule has 8 bridgehead atoms. The van der Waals surface area contributed by atoms with Crippen molar-refractivity contribution in [1.29, 1.82) is 0 Å². The molecule has 7 rings (SSSR count). The van der Waals surface area contributed by atoms with Crippen LogP contribution >= 0.6 is 0 Å². The zero-order valence-corrected chi connectivity index (χ0v) is 32.5. The Morgan fingerprint density at radius 1 is 0.615 bits per heavy atom. The molecule has 22 heteroatoms. The van der Waals surface area contributed by atoms with Gasteiger partial charge in [-0.1, -0.05) is 0 Å². The van der Waals surface area contributed by atoms with E-state index in [4.69, 9.17) is 35.7 Å². The number of hydrogen-bond acceptors (Lipinski definition) is 10. The number of hydrogen-bond donors (Lipinski definition) is 7. The van der Waals surface area contributed by atoms with Gasteiger partial charge in [0.2, 0.25) is 0 Å². The van der Waals surface area contributed by atoms with E-state index in [1.807, 2.05) is 77.8 Å². The average Bonchev–Trinajstić information content (AvgIpc) is 3.87. The molecule has 272 valence electrons. The molecule has 0 amide bonds. The molecule has 0 saturated heterocycles. The van der Waals surface area contributed by atoms with Crippen molar-refractivity contribution < 1.29 is 72.0 Å². The molecule has 5 aromatic rings. The monoisotopic (exact) mass is 840 g/mol. The fraction of sp³-hybridized carbons (Fsp3) is 0. The van der Waals surface area contributed by atoms with Gasteiger partial charge >= 0.3 is 10.1 Å². The SMILES string of the molecule is C1=Cc2cc3ccc(cc4ccc(cc5nc(cc1n2)C=C5)[nH]4)[nH]3.O=S(=O)(O)c1cc[nH]c1S(=O)(=O)O.O=S([O-])O.O=S([O-])O.[Zn].[c-]1ccccc1. The minimum Gasteiger partial charge on any atom is -0.750 e. The Kier molecular flexibility index (Phi) is 17.4. The zero-order valence-electron chi connectivity index (χ0n) is 26.3. The molecule has 2 aliphatic heterocycles. The fourth-order valence-corrected chi connectivity index (χ4v) is 5.73. The number of H-pyrrole nitrogens is 3. The topological polar surface area (TPSA) is 303 Å². The van der Waals surface area contributed by atoms with Gasteiger partial charge in [0.05, 0.1) is 45.5 Å². The molecule has 0 fully saturated rings. The van der Waals surface area contributed by atoms with Crippen molar-refractivity contribution in [2.45, 2.75) is 9.92 Å². The van der Waals surface area contributed by atoms with E-state index in [9.17, 15) is 16.8 Å². The van der Waals surface area contributed by atoms with Gasteiger partial charge in [0, 0.05) is 47.7 Å². The maximum atomic E-state index is 10.5. The van der Waals surface area contributed by atoms with E-state index in [2.05, 4.69) is 56.3 Å². The summed E-state index contributed by atoms with van der Waals surface area (Å²) in [6, 6.07) is 29.7. The number of nitrogens with zero attached hydrogens (tertiary/aromatic N) is 2. The van der Waals surface area contributed by atoms with Crippen LogP contribution in [0.5, 0.6) is 0 Å². The third-order valence-electron chi connectivity index (χ3n) is 5.86. The molecule has 0 saturated carbocycles. The van der Waals surface area contributed by atoms with Crippen molar-refractivity contribution in [3.63, 3.8) is 0 Å². The van der Waals surface area contributed by atoms with Crippen LogP contribution < -0.4 is 0 Å². The molecule has 17 nitrogen and oxygen atoms in total. The van der Waals surface area contributed by atoms with Crippen LogP contribution in [0.3, 0.4) is 0 Å². The van der Waals surface area contributed by atoms with E-state index in [1.165, 1.54) is 0 Å². The van der Waals surface area contributed by atoms with Crippen LogP contribution in [0.2, 0.25) is 0 Å². The zero-order chi connectivity index (χ0) is 37.6. The summed E-state index contributed by atoms with van der Waals surface area (Å²) in [4.78, 5) is 17.1. The van der Waals surface area contributed by atoms with Crippen LogP contribution in [0.15, 0.2) is 101 Å². The molecule has 0 radical (unpaired) electrons. The summed E-state index contributed by atoms with van der Waals surface area (Å²) >= 11 is -5.72. The minimum absolute atomic E-state index is 0. The van der Waals surface area contributed by atoms with Gasteiger partial charge in [-0.3, -0.25) is 9.11 Å². The third kappa shape index (κ3) is 15.9. The molecule has 4 aromatic heterocycles. The van der Waals surface area contributed by atoms with E-state index in [0.717, 1.165) is 57.1 Å². The Hall–Kier alpha value is -4.32. The fourth-order valence-electron chi connectivity index (χ4n) is 4.03. The molecule has 0 aliphatic carbocycles. The number of fused-ring (bicyclic) bond motifs is 8. The van der Waals surface area contributed by atoms with Gasteiger partial charge in [-0.15, -0.1) is 0 Å². The Bertz CT molecular complexity index is 2250. The van der Waals surface area contributed by atoms with Crippen molar-refractivity contribution in [2.75, 3.05) is 0 Å². The summed E-state index contributed by atoms with van der Waals surface area (Å²) < 4.78 is 107. The molecule has 52 heavy (non-hydrogen) atoms. The van der Waals surface area contributed by atoms with E-state index in [1.54, 1.807) is 0 Å². The normalized spacial score (nSPS) is 12.4. The second-order valence-electron chi connectivity index (χ2n) is 9.54. The van der Waals surface area contributed by atoms with E-state index < -0.39 is 52.9 Å². The first kappa shape index (κ1) is 43.8. The van der Waals surface area contributed by atoms with Gasteiger partial charge in [0.1, 0.15) is 4.90 Å². The predicted molar refractivity (Wildman–Crippen MR) is 188 cm³/mol. The summed E-state index contributed by atoms with van der Waals surface area (Å²) in [5.74, 6) is 0. The van der Waals surface area contributed by atoms with Crippen LogP contribution in [0, 0.1) is 6.07 Å². The molecule has 6 heterocycles. The van der Waals surface area contributed by atoms with Crippen molar-refractivity contribution >= 4 is 89.3 Å². The molecule has 1 aromatic carbocycles. The Morgan fingerprint density at radius 2 is 1.00 bits per heavy atom. The Morgan fingerprint density at radius 3 is 1.31 bits per heavy atom. The van der Waals surface area contributed by atoms with Crippen molar-refractivity contribution in [2.24, 2.45) is 0 Å². The predicted octanol–water partition coefficient (Wildman–Crippen LogP) is 4.32. The molecular formula is C30H26N5O12S4Zn-3. The van der Waals surface area contributed by atoms with Crippen LogP contribution in [-0.2, 0) is 62.4 Å². The number of nitrogens with one attached hydrogen (secondary N) is 3. The first-order valence-corrected chi connectivity index (χ1v) is 18.6. The Labute approximate surface area is 314 Å². The van der Waals surface area contributed by atoms with E-state index in [-0.39, 0.29) is 19.5 Å².